The first-order valence-electron chi connectivity index (χ1n) is 17.5. The number of anilines is 1. The molecule has 0 saturated carbocycles. The average molecular weight is 613 g/mol. The third kappa shape index (κ3) is 13.7. The molecule has 6 heteroatoms. The van der Waals surface area contributed by atoms with Crippen LogP contribution in [0.15, 0.2) is 43.5 Å². The van der Waals surface area contributed by atoms with Crippen LogP contribution >= 0.6 is 0 Å². The average Bonchev–Trinajstić information content (AvgIpc) is 3.36. The molecular formula is C38H68N4O2. The van der Waals surface area contributed by atoms with Crippen molar-refractivity contribution in [2.24, 2.45) is 17.1 Å². The summed E-state index contributed by atoms with van der Waals surface area (Å²) in [7, 11) is 0. The molecule has 3 atom stereocenters. The van der Waals surface area contributed by atoms with E-state index in [2.05, 4.69) is 69.4 Å². The van der Waals surface area contributed by atoms with E-state index in [0.717, 1.165) is 56.8 Å². The largest absolute Gasteiger partial charge is 0.369 e. The van der Waals surface area contributed by atoms with Crippen molar-refractivity contribution in [1.82, 2.24) is 9.80 Å². The minimum absolute atomic E-state index is 0.0126. The molecule has 252 valence electrons. The van der Waals surface area contributed by atoms with E-state index in [0.29, 0.717) is 12.1 Å². The van der Waals surface area contributed by atoms with Gasteiger partial charge in [0.05, 0.1) is 6.54 Å². The molecular weight excluding hydrogens is 544 g/mol. The highest BCUT2D eigenvalue weighted by Crippen LogP contribution is 2.35. The number of nitrogens with two attached hydrogens (primary N) is 1. The second-order valence-electron chi connectivity index (χ2n) is 12.1. The minimum Gasteiger partial charge on any atom is -0.369 e. The van der Waals surface area contributed by atoms with E-state index in [1.165, 1.54) is 57.3 Å². The number of nitrogens with zero attached hydrogens (tertiary/aromatic N) is 3. The van der Waals surface area contributed by atoms with E-state index >= 15 is 0 Å². The Balaban J connectivity index is 0.000000954. The summed E-state index contributed by atoms with van der Waals surface area (Å²) in [5.74, 6) is 0.600. The van der Waals surface area contributed by atoms with E-state index < -0.39 is 5.91 Å². The monoisotopic (exact) mass is 613 g/mol. The summed E-state index contributed by atoms with van der Waals surface area (Å²) in [6.07, 6.45) is 14.9. The molecule has 3 rings (SSSR count). The van der Waals surface area contributed by atoms with Crippen LogP contribution < -0.4 is 10.6 Å². The summed E-state index contributed by atoms with van der Waals surface area (Å²) in [5, 5.41) is 0. The summed E-state index contributed by atoms with van der Waals surface area (Å²) in [6, 6.07) is 5.76. The van der Waals surface area contributed by atoms with Crippen LogP contribution in [0.3, 0.4) is 0 Å². The standard InChI is InChI=1S/C23H33N3O2.C10H21N.C3H8.C2H6/c1-5-8-9-18-10-11-19(22(24)28)16-20(18)26-13-12-25(14-15-27)21(6-2)23(4,7-3)17-26;1-3-10-6-5-8-11(4-2)9-7-10;1-3-2;1-2/h6-7,10-11,15-16,21H,2-3,5,8-9,12-14,17H2,1,4H3,(H2,24,28);10H,3-9H2,1-2H3;3H2,1-2H3;1-2H3. The third-order valence-electron chi connectivity index (χ3n) is 8.73. The molecule has 44 heavy (non-hydrogen) atoms. The Morgan fingerprint density at radius 3 is 2.25 bits per heavy atom. The summed E-state index contributed by atoms with van der Waals surface area (Å²) in [4.78, 5) is 30.0. The summed E-state index contributed by atoms with van der Waals surface area (Å²) in [5.41, 5.74) is 8.05. The number of carbonyl (C=O) groups is 2. The molecule has 1 aromatic carbocycles. The van der Waals surface area contributed by atoms with E-state index in [1.807, 2.05) is 44.2 Å². The van der Waals surface area contributed by atoms with Crippen LogP contribution in [0.25, 0.3) is 0 Å². The maximum Gasteiger partial charge on any atom is 0.248 e. The van der Waals surface area contributed by atoms with Gasteiger partial charge in [-0.15, -0.1) is 13.2 Å². The normalized spacial score (nSPS) is 22.3. The van der Waals surface area contributed by atoms with Gasteiger partial charge < -0.3 is 20.3 Å². The van der Waals surface area contributed by atoms with Crippen LogP contribution in [-0.4, -0.2) is 73.8 Å². The van der Waals surface area contributed by atoms with Crippen molar-refractivity contribution in [2.75, 3.05) is 50.7 Å². The van der Waals surface area contributed by atoms with Gasteiger partial charge in [-0.2, -0.15) is 0 Å². The van der Waals surface area contributed by atoms with Crippen LogP contribution in [0.1, 0.15) is 116 Å². The number of benzene rings is 1. The summed E-state index contributed by atoms with van der Waals surface area (Å²) < 4.78 is 0. The Hall–Kier alpha value is -2.44. The van der Waals surface area contributed by atoms with Crippen molar-refractivity contribution < 1.29 is 9.59 Å². The van der Waals surface area contributed by atoms with Crippen molar-refractivity contribution >= 4 is 17.9 Å². The predicted molar refractivity (Wildman–Crippen MR) is 193 cm³/mol. The Morgan fingerprint density at radius 2 is 1.73 bits per heavy atom. The number of rotatable bonds is 11. The molecule has 2 heterocycles. The Kier molecular flexibility index (Phi) is 22.6. The number of amides is 1. The zero-order chi connectivity index (χ0) is 33.5. The molecule has 2 aliphatic heterocycles. The molecule has 2 N–H and O–H groups in total. The van der Waals surface area contributed by atoms with Gasteiger partial charge in [0.1, 0.15) is 6.29 Å². The van der Waals surface area contributed by atoms with Gasteiger partial charge in [-0.25, -0.2) is 0 Å². The third-order valence-corrected chi connectivity index (χ3v) is 8.73. The molecule has 1 amide bonds. The van der Waals surface area contributed by atoms with Crippen molar-refractivity contribution in [3.8, 4) is 0 Å². The number of aryl methyl sites for hydroxylation is 1. The van der Waals surface area contributed by atoms with Gasteiger partial charge in [-0.05, 0) is 75.4 Å². The molecule has 0 aromatic heterocycles. The number of unbranched alkanes of at least 4 members (excludes halogenated alkanes) is 1. The van der Waals surface area contributed by atoms with Crippen LogP contribution in [0.2, 0.25) is 0 Å². The lowest BCUT2D eigenvalue weighted by atomic mass is 9.81. The van der Waals surface area contributed by atoms with Crippen molar-refractivity contribution in [2.45, 2.75) is 113 Å². The Morgan fingerprint density at radius 1 is 1.05 bits per heavy atom. The fourth-order valence-corrected chi connectivity index (χ4v) is 6.04. The molecule has 1 aromatic rings. The van der Waals surface area contributed by atoms with E-state index in [9.17, 15) is 9.59 Å². The first-order valence-corrected chi connectivity index (χ1v) is 17.5. The highest BCUT2D eigenvalue weighted by atomic mass is 16.1. The number of aldehydes is 1. The maximum atomic E-state index is 11.8. The Bertz CT molecular complexity index is 937. The lowest BCUT2D eigenvalue weighted by molar-refractivity contribution is -0.109. The fraction of sp³-hybridized carbons (Fsp3) is 0.684. The van der Waals surface area contributed by atoms with Gasteiger partial charge in [0.15, 0.2) is 0 Å². The zero-order valence-electron chi connectivity index (χ0n) is 29.9. The quantitative estimate of drug-likeness (QED) is 0.202. The Labute approximate surface area is 272 Å². The van der Waals surface area contributed by atoms with Gasteiger partial charge in [-0.3, -0.25) is 9.69 Å². The van der Waals surface area contributed by atoms with Gasteiger partial charge in [0, 0.05) is 42.3 Å². The van der Waals surface area contributed by atoms with Crippen LogP contribution in [0.4, 0.5) is 5.69 Å². The van der Waals surface area contributed by atoms with E-state index in [4.69, 9.17) is 5.73 Å². The summed E-state index contributed by atoms with van der Waals surface area (Å²) >= 11 is 0. The van der Waals surface area contributed by atoms with Gasteiger partial charge in [0.25, 0.3) is 0 Å². The SMILES string of the molecule is C=CC1N(CC=O)CCN(c2cc(C(N)=O)ccc2CCCC)CC1(C)C=C.CC.CCC.CCC1CCCN(CC)CC1. The van der Waals surface area contributed by atoms with Crippen LogP contribution in [0.5, 0.6) is 0 Å². The van der Waals surface area contributed by atoms with Crippen LogP contribution in [-0.2, 0) is 11.2 Å². The molecule has 0 bridgehead atoms. The number of hydrogen-bond acceptors (Lipinski definition) is 5. The molecule has 0 radical (unpaired) electrons. The fourth-order valence-electron chi connectivity index (χ4n) is 6.04. The first kappa shape index (κ1) is 41.6. The lowest BCUT2D eigenvalue weighted by Crippen LogP contribution is -2.46. The molecule has 2 saturated heterocycles. The van der Waals surface area contributed by atoms with Crippen LogP contribution in [0, 0.1) is 11.3 Å². The highest BCUT2D eigenvalue weighted by Gasteiger charge is 2.38. The van der Waals surface area contributed by atoms with Gasteiger partial charge in [-0.1, -0.05) is 92.9 Å². The molecule has 2 aliphatic rings. The first-order chi connectivity index (χ1) is 21.2. The molecule has 6 nitrogen and oxygen atoms in total. The second-order valence-corrected chi connectivity index (χ2v) is 12.1. The zero-order valence-corrected chi connectivity index (χ0v) is 29.9. The summed E-state index contributed by atoms with van der Waals surface area (Å²) in [6.45, 7) is 31.7. The number of carbonyl (C=O) groups excluding carboxylic acids is 2. The molecule has 2 fully saturated rings. The van der Waals surface area contributed by atoms with Crippen molar-refractivity contribution in [1.29, 1.82) is 0 Å². The smallest absolute Gasteiger partial charge is 0.248 e. The second kappa shape index (κ2) is 23.9. The minimum atomic E-state index is -0.420. The van der Waals surface area contributed by atoms with Gasteiger partial charge in [0.2, 0.25) is 5.91 Å². The predicted octanol–water partition coefficient (Wildman–Crippen LogP) is 8.16. The number of primary amides is 1. The lowest BCUT2D eigenvalue weighted by Gasteiger charge is -2.39. The van der Waals surface area contributed by atoms with E-state index in [1.54, 1.807) is 0 Å². The topological polar surface area (TPSA) is 69.9 Å². The van der Waals surface area contributed by atoms with Crippen molar-refractivity contribution in [3.05, 3.63) is 54.6 Å². The van der Waals surface area contributed by atoms with Gasteiger partial charge >= 0.3 is 0 Å². The number of likely N-dealkylation sites (tertiary alicyclic amines) is 1. The maximum absolute atomic E-state index is 11.8. The molecule has 3 unspecified atom stereocenters. The molecule has 0 aliphatic carbocycles. The highest BCUT2D eigenvalue weighted by molar-refractivity contribution is 5.94. The van der Waals surface area contributed by atoms with E-state index in [-0.39, 0.29) is 11.5 Å². The number of hydrogen-bond donors (Lipinski definition) is 1. The van der Waals surface area contributed by atoms with Crippen molar-refractivity contribution in [3.63, 3.8) is 0 Å². The molecule has 0 spiro atoms.